The van der Waals surface area contributed by atoms with Crippen LogP contribution in [0.4, 0.5) is 22.0 Å². The van der Waals surface area contributed by atoms with Crippen LogP contribution < -0.4 is 10.6 Å². The molecular formula is C18H15F5N2O2. The van der Waals surface area contributed by atoms with Crippen molar-refractivity contribution in [2.75, 3.05) is 6.54 Å². The second kappa shape index (κ2) is 8.15. The number of carbonyl (C=O) groups is 2. The minimum Gasteiger partial charge on any atom is -0.348 e. The maximum Gasteiger partial charge on any atom is 0.416 e. The van der Waals surface area contributed by atoms with Crippen molar-refractivity contribution in [2.45, 2.75) is 19.1 Å². The highest BCUT2D eigenvalue weighted by Gasteiger charge is 2.30. The molecule has 0 aliphatic heterocycles. The first kappa shape index (κ1) is 20.3. The van der Waals surface area contributed by atoms with E-state index in [1.807, 2.05) is 0 Å². The maximum atomic E-state index is 13.5. The van der Waals surface area contributed by atoms with E-state index in [2.05, 4.69) is 10.6 Å². The summed E-state index contributed by atoms with van der Waals surface area (Å²) in [6, 6.07) is 6.08. The summed E-state index contributed by atoms with van der Waals surface area (Å²) in [6.07, 6.45) is -4.51. The lowest BCUT2D eigenvalue weighted by molar-refractivity contribution is -0.137. The van der Waals surface area contributed by atoms with Crippen LogP contribution >= 0.6 is 0 Å². The van der Waals surface area contributed by atoms with Crippen LogP contribution in [0.25, 0.3) is 0 Å². The van der Waals surface area contributed by atoms with Gasteiger partial charge in [0, 0.05) is 6.07 Å². The Bertz CT molecular complexity index is 852. The second-order valence-electron chi connectivity index (χ2n) is 5.72. The third-order valence-corrected chi connectivity index (χ3v) is 3.68. The van der Waals surface area contributed by atoms with Gasteiger partial charge in [-0.3, -0.25) is 9.59 Å². The van der Waals surface area contributed by atoms with E-state index in [0.717, 1.165) is 24.3 Å². The van der Waals surface area contributed by atoms with E-state index in [1.54, 1.807) is 0 Å². The summed E-state index contributed by atoms with van der Waals surface area (Å²) in [5.74, 6) is -3.54. The molecule has 0 saturated heterocycles. The van der Waals surface area contributed by atoms with Crippen LogP contribution in [0.15, 0.2) is 42.5 Å². The van der Waals surface area contributed by atoms with E-state index in [4.69, 9.17) is 0 Å². The first-order valence-electron chi connectivity index (χ1n) is 7.77. The fourth-order valence-electron chi connectivity index (χ4n) is 2.29. The summed E-state index contributed by atoms with van der Waals surface area (Å²) in [4.78, 5) is 23.7. The standard InChI is InChI=1S/C18H15F5N2O2/c1-10(11-3-2-4-12(7-11)18(21,22)23)25-16(26)9-24-17(27)14-6-5-13(19)8-15(14)20/h2-8,10H,9H2,1H3,(H,24,27)(H,25,26). The van der Waals surface area contributed by atoms with Gasteiger partial charge in [0.25, 0.3) is 5.91 Å². The van der Waals surface area contributed by atoms with E-state index >= 15 is 0 Å². The monoisotopic (exact) mass is 386 g/mol. The summed E-state index contributed by atoms with van der Waals surface area (Å²) in [7, 11) is 0. The number of halogens is 5. The predicted octanol–water partition coefficient (Wildman–Crippen LogP) is 3.59. The molecule has 2 aromatic rings. The molecule has 1 atom stereocenters. The molecule has 144 valence electrons. The zero-order valence-corrected chi connectivity index (χ0v) is 14.0. The summed E-state index contributed by atoms with van der Waals surface area (Å²) < 4.78 is 64.5. The average molecular weight is 386 g/mol. The minimum atomic E-state index is -4.51. The first-order chi connectivity index (χ1) is 12.6. The zero-order valence-electron chi connectivity index (χ0n) is 14.0. The van der Waals surface area contributed by atoms with Gasteiger partial charge >= 0.3 is 6.18 Å². The number of hydrogen-bond acceptors (Lipinski definition) is 2. The van der Waals surface area contributed by atoms with Crippen molar-refractivity contribution < 1.29 is 31.5 Å². The topological polar surface area (TPSA) is 58.2 Å². The molecule has 0 fully saturated rings. The fraction of sp³-hybridized carbons (Fsp3) is 0.222. The van der Waals surface area contributed by atoms with E-state index in [-0.39, 0.29) is 5.56 Å². The Balaban J connectivity index is 1.94. The van der Waals surface area contributed by atoms with E-state index in [0.29, 0.717) is 6.07 Å². The third-order valence-electron chi connectivity index (χ3n) is 3.68. The molecule has 27 heavy (non-hydrogen) atoms. The van der Waals surface area contributed by atoms with Crippen molar-refractivity contribution in [2.24, 2.45) is 0 Å². The van der Waals surface area contributed by atoms with Crippen molar-refractivity contribution in [1.82, 2.24) is 10.6 Å². The molecule has 0 spiro atoms. The van der Waals surface area contributed by atoms with Crippen LogP contribution in [0.2, 0.25) is 0 Å². The van der Waals surface area contributed by atoms with Crippen LogP contribution in [0, 0.1) is 11.6 Å². The van der Waals surface area contributed by atoms with E-state index in [9.17, 15) is 31.5 Å². The van der Waals surface area contributed by atoms with Crippen molar-refractivity contribution in [3.05, 3.63) is 70.8 Å². The molecule has 0 aliphatic rings. The highest BCUT2D eigenvalue weighted by Crippen LogP contribution is 2.30. The molecule has 0 saturated carbocycles. The van der Waals surface area contributed by atoms with Gasteiger partial charge in [-0.05, 0) is 36.8 Å². The van der Waals surface area contributed by atoms with Crippen molar-refractivity contribution in [3.8, 4) is 0 Å². The lowest BCUT2D eigenvalue weighted by Gasteiger charge is -2.16. The number of carbonyl (C=O) groups excluding carboxylic acids is 2. The molecule has 0 heterocycles. The smallest absolute Gasteiger partial charge is 0.348 e. The lowest BCUT2D eigenvalue weighted by Crippen LogP contribution is -2.38. The molecule has 9 heteroatoms. The largest absolute Gasteiger partial charge is 0.416 e. The Morgan fingerprint density at radius 2 is 1.78 bits per heavy atom. The molecule has 0 aromatic heterocycles. The number of hydrogen-bond donors (Lipinski definition) is 2. The molecule has 2 N–H and O–H groups in total. The summed E-state index contributed by atoms with van der Waals surface area (Å²) in [5, 5.41) is 4.59. The fourth-order valence-corrected chi connectivity index (χ4v) is 2.29. The van der Waals surface area contributed by atoms with Crippen molar-refractivity contribution >= 4 is 11.8 Å². The summed E-state index contributed by atoms with van der Waals surface area (Å²) in [5.41, 5.74) is -1.05. The Hall–Kier alpha value is -2.97. The molecule has 2 aromatic carbocycles. The molecule has 2 amide bonds. The van der Waals surface area contributed by atoms with Gasteiger partial charge in [-0.1, -0.05) is 12.1 Å². The summed E-state index contributed by atoms with van der Waals surface area (Å²) >= 11 is 0. The van der Waals surface area contributed by atoms with Crippen LogP contribution in [0.3, 0.4) is 0 Å². The van der Waals surface area contributed by atoms with Gasteiger partial charge < -0.3 is 10.6 Å². The minimum absolute atomic E-state index is 0.231. The number of alkyl halides is 3. The lowest BCUT2D eigenvalue weighted by atomic mass is 10.0. The Morgan fingerprint density at radius 3 is 2.41 bits per heavy atom. The molecule has 0 aliphatic carbocycles. The Labute approximate surface area is 151 Å². The SMILES string of the molecule is CC(NC(=O)CNC(=O)c1ccc(F)cc1F)c1cccc(C(F)(F)F)c1. The van der Waals surface area contributed by atoms with Crippen molar-refractivity contribution in [1.29, 1.82) is 0 Å². The molecule has 0 bridgehead atoms. The molecule has 2 rings (SSSR count). The second-order valence-corrected chi connectivity index (χ2v) is 5.72. The van der Waals surface area contributed by atoms with Crippen LogP contribution in [0.1, 0.15) is 34.5 Å². The van der Waals surface area contributed by atoms with Crippen LogP contribution in [-0.2, 0) is 11.0 Å². The van der Waals surface area contributed by atoms with Gasteiger partial charge in [0.15, 0.2) is 0 Å². The van der Waals surface area contributed by atoms with Gasteiger partial charge in [-0.2, -0.15) is 13.2 Å². The average Bonchev–Trinajstić information content (AvgIpc) is 2.59. The van der Waals surface area contributed by atoms with E-state index in [1.165, 1.54) is 19.1 Å². The number of rotatable bonds is 5. The van der Waals surface area contributed by atoms with Crippen LogP contribution in [-0.4, -0.2) is 18.4 Å². The predicted molar refractivity (Wildman–Crippen MR) is 86.7 cm³/mol. The molecule has 1 unspecified atom stereocenters. The van der Waals surface area contributed by atoms with Crippen LogP contribution in [0.5, 0.6) is 0 Å². The molecular weight excluding hydrogens is 371 g/mol. The Morgan fingerprint density at radius 1 is 1.07 bits per heavy atom. The van der Waals surface area contributed by atoms with Gasteiger partial charge in [0.1, 0.15) is 11.6 Å². The molecule has 4 nitrogen and oxygen atoms in total. The van der Waals surface area contributed by atoms with Gasteiger partial charge in [0.2, 0.25) is 5.91 Å². The zero-order chi connectivity index (χ0) is 20.2. The maximum absolute atomic E-state index is 13.5. The van der Waals surface area contributed by atoms with Crippen molar-refractivity contribution in [3.63, 3.8) is 0 Å². The normalized spacial score (nSPS) is 12.4. The van der Waals surface area contributed by atoms with E-state index < -0.39 is 53.3 Å². The van der Waals surface area contributed by atoms with Gasteiger partial charge in [-0.25, -0.2) is 8.78 Å². The number of nitrogens with one attached hydrogen (secondary N) is 2. The summed E-state index contributed by atoms with van der Waals surface area (Å²) in [6.45, 7) is 0.952. The Kier molecular flexibility index (Phi) is 6.14. The van der Waals surface area contributed by atoms with Gasteiger partial charge in [0.05, 0.1) is 23.7 Å². The number of benzene rings is 2. The first-order valence-corrected chi connectivity index (χ1v) is 7.77. The molecule has 0 radical (unpaired) electrons. The quantitative estimate of drug-likeness (QED) is 0.772. The highest BCUT2D eigenvalue weighted by molar-refractivity contribution is 5.96. The van der Waals surface area contributed by atoms with Gasteiger partial charge in [-0.15, -0.1) is 0 Å². The number of amides is 2. The third kappa shape index (κ3) is 5.50. The highest BCUT2D eigenvalue weighted by atomic mass is 19.4.